The first-order valence-corrected chi connectivity index (χ1v) is 9.29. The van der Waals surface area contributed by atoms with Crippen LogP contribution in [0.1, 0.15) is 23.0 Å². The van der Waals surface area contributed by atoms with E-state index < -0.39 is 23.8 Å². The fourth-order valence-corrected chi connectivity index (χ4v) is 3.68. The number of aromatic nitrogens is 2. The van der Waals surface area contributed by atoms with Gasteiger partial charge in [0.05, 0.1) is 30.5 Å². The van der Waals surface area contributed by atoms with Crippen LogP contribution in [0.3, 0.4) is 0 Å². The minimum atomic E-state index is -0.745. The Labute approximate surface area is 162 Å². The van der Waals surface area contributed by atoms with Crippen LogP contribution in [0.5, 0.6) is 0 Å². The first kappa shape index (κ1) is 18.1. The number of thiazole rings is 1. The number of amides is 2. The van der Waals surface area contributed by atoms with Gasteiger partial charge in [0.25, 0.3) is 0 Å². The molecule has 1 saturated heterocycles. The summed E-state index contributed by atoms with van der Waals surface area (Å²) in [4.78, 5) is 41.8. The Morgan fingerprint density at radius 1 is 1.43 bits per heavy atom. The maximum absolute atomic E-state index is 14.7. The van der Waals surface area contributed by atoms with Crippen LogP contribution < -0.4 is 10.2 Å². The number of nitrogens with one attached hydrogen (secondary N) is 1. The van der Waals surface area contributed by atoms with E-state index in [4.69, 9.17) is 4.74 Å². The van der Waals surface area contributed by atoms with Crippen molar-refractivity contribution in [3.05, 3.63) is 53.0 Å². The normalized spacial score (nSPS) is 16.4. The van der Waals surface area contributed by atoms with Gasteiger partial charge in [0.2, 0.25) is 11.7 Å². The smallest absolute Gasteiger partial charge is 0.414 e. The number of ether oxygens (including phenoxy) is 1. The molecule has 8 nitrogen and oxygen atoms in total. The molecule has 1 aromatic carbocycles. The quantitative estimate of drug-likeness (QED) is 0.661. The van der Waals surface area contributed by atoms with Crippen molar-refractivity contribution in [3.8, 4) is 0 Å². The Balaban J connectivity index is 1.55. The predicted molar refractivity (Wildman–Crippen MR) is 99.2 cm³/mol. The molecule has 10 heteroatoms. The van der Waals surface area contributed by atoms with Gasteiger partial charge in [0, 0.05) is 18.5 Å². The third-order valence-corrected chi connectivity index (χ3v) is 5.11. The molecule has 144 valence electrons. The highest BCUT2D eigenvalue weighted by atomic mass is 32.1. The first-order valence-electron chi connectivity index (χ1n) is 8.41. The molecule has 3 aromatic rings. The van der Waals surface area contributed by atoms with Crippen LogP contribution in [0.15, 0.2) is 36.0 Å². The molecule has 2 aromatic heterocycles. The number of halogens is 1. The van der Waals surface area contributed by atoms with Gasteiger partial charge in [-0.3, -0.25) is 18.9 Å². The maximum atomic E-state index is 14.7. The fourth-order valence-electron chi connectivity index (χ4n) is 2.99. The van der Waals surface area contributed by atoms with Crippen molar-refractivity contribution < 1.29 is 23.5 Å². The number of hydrogen-bond donors (Lipinski definition) is 1. The van der Waals surface area contributed by atoms with Crippen LogP contribution in [0.25, 0.3) is 4.96 Å². The highest BCUT2D eigenvalue weighted by molar-refractivity contribution is 7.15. The average molecular weight is 402 g/mol. The lowest BCUT2D eigenvalue weighted by Gasteiger charge is -2.14. The lowest BCUT2D eigenvalue weighted by atomic mass is 10.1. The summed E-state index contributed by atoms with van der Waals surface area (Å²) in [7, 11) is 0. The lowest BCUT2D eigenvalue weighted by molar-refractivity contribution is -0.119. The summed E-state index contributed by atoms with van der Waals surface area (Å²) in [6.45, 7) is 1.71. The van der Waals surface area contributed by atoms with Crippen LogP contribution in [0, 0.1) is 5.82 Å². The molecule has 3 heterocycles. The van der Waals surface area contributed by atoms with Gasteiger partial charge in [-0.1, -0.05) is 0 Å². The number of ketones is 1. The third-order valence-electron chi connectivity index (χ3n) is 4.34. The minimum absolute atomic E-state index is 0.112. The number of rotatable bonds is 5. The molecule has 4 rings (SSSR count). The molecule has 0 spiro atoms. The van der Waals surface area contributed by atoms with Gasteiger partial charge in [0.1, 0.15) is 17.6 Å². The SMILES string of the molecule is CC(=O)NC[C@H]1CN(c2ccc(C(=O)c3cnc4sccn34)c(F)c2)C(=O)O1. The highest BCUT2D eigenvalue weighted by Crippen LogP contribution is 2.25. The molecule has 1 aliphatic heterocycles. The molecule has 1 atom stereocenters. The number of carbonyl (C=O) groups is 3. The van der Waals surface area contributed by atoms with E-state index in [0.717, 1.165) is 6.07 Å². The Kier molecular flexibility index (Phi) is 4.55. The van der Waals surface area contributed by atoms with Crippen LogP contribution in [0.2, 0.25) is 0 Å². The topological polar surface area (TPSA) is 93.0 Å². The monoisotopic (exact) mass is 402 g/mol. The van der Waals surface area contributed by atoms with Crippen molar-refractivity contribution in [1.82, 2.24) is 14.7 Å². The molecule has 1 fully saturated rings. The number of cyclic esters (lactones) is 1. The molecule has 0 unspecified atom stereocenters. The zero-order valence-corrected chi connectivity index (χ0v) is 15.5. The number of benzene rings is 1. The number of nitrogens with zero attached hydrogens (tertiary/aromatic N) is 3. The molecule has 0 radical (unpaired) electrons. The summed E-state index contributed by atoms with van der Waals surface area (Å²) >= 11 is 1.37. The van der Waals surface area contributed by atoms with Crippen LogP contribution in [0.4, 0.5) is 14.9 Å². The van der Waals surface area contributed by atoms with Gasteiger partial charge in [0.15, 0.2) is 4.96 Å². The number of hydrogen-bond acceptors (Lipinski definition) is 6. The molecule has 28 heavy (non-hydrogen) atoms. The van der Waals surface area contributed by atoms with Gasteiger partial charge in [-0.05, 0) is 18.2 Å². The van der Waals surface area contributed by atoms with Gasteiger partial charge >= 0.3 is 6.09 Å². The van der Waals surface area contributed by atoms with E-state index in [1.165, 1.54) is 41.5 Å². The Hall–Kier alpha value is -3.27. The van der Waals surface area contributed by atoms with Crippen molar-refractivity contribution in [2.24, 2.45) is 0 Å². The molecular formula is C18H15FN4O4S. The summed E-state index contributed by atoms with van der Waals surface area (Å²) in [5.41, 5.74) is 0.427. The second-order valence-corrected chi connectivity index (χ2v) is 7.12. The molecule has 1 N–H and O–H groups in total. The van der Waals surface area contributed by atoms with Gasteiger partial charge < -0.3 is 10.1 Å². The van der Waals surface area contributed by atoms with Crippen molar-refractivity contribution in [3.63, 3.8) is 0 Å². The van der Waals surface area contributed by atoms with Crippen LogP contribution in [-0.4, -0.2) is 46.4 Å². The summed E-state index contributed by atoms with van der Waals surface area (Å²) in [6, 6.07) is 3.96. The maximum Gasteiger partial charge on any atom is 0.414 e. The van der Waals surface area contributed by atoms with E-state index in [9.17, 15) is 18.8 Å². The molecular weight excluding hydrogens is 387 g/mol. The average Bonchev–Trinajstić information content (AvgIpc) is 3.34. The van der Waals surface area contributed by atoms with Crippen molar-refractivity contribution in [1.29, 1.82) is 0 Å². The first-order chi connectivity index (χ1) is 13.4. The number of carbonyl (C=O) groups excluding carboxylic acids is 3. The summed E-state index contributed by atoms with van der Waals surface area (Å²) in [5, 5.41) is 4.36. The molecule has 0 aliphatic carbocycles. The van der Waals surface area contributed by atoms with E-state index in [1.807, 2.05) is 0 Å². The van der Waals surface area contributed by atoms with Gasteiger partial charge in [-0.25, -0.2) is 14.2 Å². The van der Waals surface area contributed by atoms with Crippen molar-refractivity contribution in [2.75, 3.05) is 18.0 Å². The largest absolute Gasteiger partial charge is 0.442 e. The van der Waals surface area contributed by atoms with E-state index in [1.54, 1.807) is 16.0 Å². The summed E-state index contributed by atoms with van der Waals surface area (Å²) in [5.74, 6) is -1.48. The zero-order valence-electron chi connectivity index (χ0n) is 14.7. The number of anilines is 1. The third kappa shape index (κ3) is 3.22. The molecule has 0 saturated carbocycles. The van der Waals surface area contributed by atoms with Crippen LogP contribution in [-0.2, 0) is 9.53 Å². The lowest BCUT2D eigenvalue weighted by Crippen LogP contribution is -2.33. The Morgan fingerprint density at radius 2 is 2.25 bits per heavy atom. The standard InChI is InChI=1S/C18H15FN4O4S/c1-10(24)20-7-12-9-23(18(26)27-12)11-2-3-13(14(19)6-11)16(25)15-8-21-17-22(15)4-5-28-17/h2-6,8,12H,7,9H2,1H3,(H,20,24)/t12-/m0/s1. The zero-order chi connectivity index (χ0) is 19.8. The van der Waals surface area contributed by atoms with E-state index in [0.29, 0.717) is 4.96 Å². The number of imidazole rings is 1. The highest BCUT2D eigenvalue weighted by Gasteiger charge is 2.33. The van der Waals surface area contributed by atoms with E-state index in [-0.39, 0.29) is 35.9 Å². The predicted octanol–water partition coefficient (Wildman–Crippen LogP) is 2.23. The molecule has 0 bridgehead atoms. The second-order valence-electron chi connectivity index (χ2n) is 6.25. The summed E-state index contributed by atoms with van der Waals surface area (Å²) in [6.07, 6.45) is 1.94. The number of fused-ring (bicyclic) bond motifs is 1. The Morgan fingerprint density at radius 3 is 3.00 bits per heavy atom. The summed E-state index contributed by atoms with van der Waals surface area (Å²) < 4.78 is 21.4. The Bertz CT molecular complexity index is 1090. The van der Waals surface area contributed by atoms with E-state index >= 15 is 0 Å². The fraction of sp³-hybridized carbons (Fsp3) is 0.222. The minimum Gasteiger partial charge on any atom is -0.442 e. The van der Waals surface area contributed by atoms with Gasteiger partial charge in [-0.15, -0.1) is 11.3 Å². The van der Waals surface area contributed by atoms with Crippen molar-refractivity contribution in [2.45, 2.75) is 13.0 Å². The van der Waals surface area contributed by atoms with Crippen molar-refractivity contribution >= 4 is 39.8 Å². The molecule has 1 aliphatic rings. The van der Waals surface area contributed by atoms with Crippen LogP contribution >= 0.6 is 11.3 Å². The van der Waals surface area contributed by atoms with Gasteiger partial charge in [-0.2, -0.15) is 0 Å². The molecule has 2 amide bonds. The second kappa shape index (κ2) is 7.04. The van der Waals surface area contributed by atoms with E-state index in [2.05, 4.69) is 10.3 Å².